The molecule has 16 nitrogen and oxygen atoms in total. The Hall–Kier alpha value is -5.42. The number of amides is 1. The summed E-state index contributed by atoms with van der Waals surface area (Å²) in [6.45, 7) is 15.8. The van der Waals surface area contributed by atoms with E-state index in [0.717, 1.165) is 24.9 Å². The van der Waals surface area contributed by atoms with E-state index in [1.54, 1.807) is 49.4 Å². The highest BCUT2D eigenvalue weighted by atomic mass is 32.2. The maximum atomic E-state index is 13.7. The molecule has 1 aliphatic rings. The molecule has 0 bridgehead atoms. The number of aromatic amines is 1. The van der Waals surface area contributed by atoms with E-state index < -0.39 is 21.9 Å². The van der Waals surface area contributed by atoms with Crippen LogP contribution in [0.5, 0.6) is 5.75 Å². The van der Waals surface area contributed by atoms with E-state index in [2.05, 4.69) is 46.3 Å². The number of aromatic nitrogens is 3. The summed E-state index contributed by atoms with van der Waals surface area (Å²) < 4.78 is 41.8. The number of nitrogens with zero attached hydrogens (tertiary/aromatic N) is 3. The SMILES string of the molecule is [C-]#[N+]c1cn2[nH]c(-c3cc(NCOc4cccc(S(N)(=O)=O)c4)c(C)c(NC(=O)c4cccc(SOON)c4)c3)nc2c1C(=O)OC1C(C)CC(C)CC1C. The normalized spacial score (nSPS) is 18.4. The van der Waals surface area contributed by atoms with Gasteiger partial charge in [0.25, 0.3) is 5.91 Å². The fourth-order valence-corrected chi connectivity index (χ4v) is 7.96. The zero-order valence-electron chi connectivity index (χ0n) is 30.4. The Morgan fingerprint density at radius 1 is 1.07 bits per heavy atom. The third-order valence-electron chi connectivity index (χ3n) is 9.47. The maximum Gasteiger partial charge on any atom is 0.331 e. The standard InChI is InChI=1S/C37H40N8O8S2/c1-20-12-21(2)33(22(3)13-20)51-37(47)32-31(40-5)18-45-35(32)43-34(44-45)25-15-29(41-19-50-26-9-7-11-28(17-26)55(39,48)49)23(4)30(16-25)42-36(46)24-8-6-10-27(14-24)54-53-52-38/h6-11,14-18,20-22,33,41H,12-13,19,38H2,1-4H3,(H,42,46)(H,43,44)(H2,39,48,49). The summed E-state index contributed by atoms with van der Waals surface area (Å²) in [5, 5.41) is 14.6. The van der Waals surface area contributed by atoms with Gasteiger partial charge in [-0.25, -0.2) is 28.2 Å². The zero-order chi connectivity index (χ0) is 39.4. The number of fused-ring (bicyclic) bond motifs is 1. The van der Waals surface area contributed by atoms with Gasteiger partial charge in [0.1, 0.15) is 17.4 Å². The van der Waals surface area contributed by atoms with E-state index in [4.69, 9.17) is 36.4 Å². The number of rotatable bonds is 13. The van der Waals surface area contributed by atoms with Gasteiger partial charge in [0.15, 0.2) is 18.2 Å². The molecule has 7 N–H and O–H groups in total. The van der Waals surface area contributed by atoms with Gasteiger partial charge in [-0.1, -0.05) is 32.9 Å². The van der Waals surface area contributed by atoms with Crippen molar-refractivity contribution in [2.45, 2.75) is 56.4 Å². The van der Waals surface area contributed by atoms with E-state index in [9.17, 15) is 18.0 Å². The zero-order valence-corrected chi connectivity index (χ0v) is 32.0. The number of ether oxygens (including phenoxy) is 2. The molecule has 0 aliphatic heterocycles. The van der Waals surface area contributed by atoms with Gasteiger partial charge in [-0.2, -0.15) is 5.90 Å². The summed E-state index contributed by atoms with van der Waals surface area (Å²) >= 11 is 0.834. The van der Waals surface area contributed by atoms with Crippen LogP contribution in [0.25, 0.3) is 21.9 Å². The number of sulfonamides is 1. The topological polar surface area (TPSA) is 219 Å². The number of hydrogen-bond acceptors (Lipinski definition) is 12. The quantitative estimate of drug-likeness (QED) is 0.0213. The van der Waals surface area contributed by atoms with Crippen LogP contribution in [0.15, 0.2) is 76.7 Å². The van der Waals surface area contributed by atoms with Gasteiger partial charge >= 0.3 is 5.97 Å². The predicted octanol–water partition coefficient (Wildman–Crippen LogP) is 6.59. The van der Waals surface area contributed by atoms with E-state index >= 15 is 0 Å². The first-order chi connectivity index (χ1) is 26.2. The van der Waals surface area contributed by atoms with Crippen molar-refractivity contribution in [1.29, 1.82) is 0 Å². The van der Waals surface area contributed by atoms with Gasteiger partial charge in [0, 0.05) is 39.7 Å². The lowest BCUT2D eigenvalue weighted by Gasteiger charge is -2.37. The van der Waals surface area contributed by atoms with Crippen LogP contribution < -0.4 is 26.4 Å². The molecule has 18 heteroatoms. The number of nitrogens with two attached hydrogens (primary N) is 2. The number of carbonyl (C=O) groups is 2. The Kier molecular flexibility index (Phi) is 11.8. The number of carbonyl (C=O) groups excluding carboxylic acids is 2. The third-order valence-corrected chi connectivity index (χ3v) is 11.0. The predicted molar refractivity (Wildman–Crippen MR) is 205 cm³/mol. The number of hydrogen-bond donors (Lipinski definition) is 5. The van der Waals surface area contributed by atoms with Crippen LogP contribution in [0, 0.1) is 31.2 Å². The molecule has 0 spiro atoms. The molecule has 5 aromatic rings. The minimum Gasteiger partial charge on any atom is -0.473 e. The smallest absolute Gasteiger partial charge is 0.331 e. The molecule has 1 fully saturated rings. The second-order valence-electron chi connectivity index (χ2n) is 13.6. The minimum absolute atomic E-state index is 0.0615. The van der Waals surface area contributed by atoms with Crippen molar-refractivity contribution < 1.29 is 36.8 Å². The average molecular weight is 789 g/mol. The Morgan fingerprint density at radius 2 is 1.80 bits per heavy atom. The molecule has 2 unspecified atom stereocenters. The van der Waals surface area contributed by atoms with E-state index in [-0.39, 0.29) is 52.2 Å². The van der Waals surface area contributed by atoms with Crippen molar-refractivity contribution >= 4 is 56.7 Å². The monoisotopic (exact) mass is 788 g/mol. The first-order valence-corrected chi connectivity index (χ1v) is 19.5. The molecular formula is C37H40N8O8S2. The van der Waals surface area contributed by atoms with Crippen molar-refractivity contribution in [2.75, 3.05) is 17.4 Å². The minimum atomic E-state index is -3.95. The van der Waals surface area contributed by atoms with Gasteiger partial charge in [0.05, 0.1) is 23.5 Å². The molecule has 1 aliphatic carbocycles. The molecule has 6 rings (SSSR count). The van der Waals surface area contributed by atoms with Crippen LogP contribution >= 0.6 is 12.0 Å². The number of H-pyrrole nitrogens is 1. The van der Waals surface area contributed by atoms with E-state index in [1.165, 1.54) is 28.9 Å². The average Bonchev–Trinajstić information content (AvgIpc) is 3.71. The molecule has 1 amide bonds. The Bertz CT molecular complexity index is 2380. The van der Waals surface area contributed by atoms with Gasteiger partial charge in [0.2, 0.25) is 15.7 Å². The van der Waals surface area contributed by atoms with Crippen molar-refractivity contribution in [2.24, 2.45) is 28.8 Å². The number of nitrogens with one attached hydrogen (secondary N) is 3. The highest BCUT2D eigenvalue weighted by Gasteiger charge is 2.36. The van der Waals surface area contributed by atoms with Gasteiger partial charge in [-0.05, 0) is 85.5 Å². The number of esters is 1. The van der Waals surface area contributed by atoms with E-state index in [1.807, 2.05) is 0 Å². The van der Waals surface area contributed by atoms with Gasteiger partial charge in [-0.15, -0.1) is 9.32 Å². The van der Waals surface area contributed by atoms with Crippen LogP contribution in [0.1, 0.15) is 59.9 Å². The third kappa shape index (κ3) is 8.94. The second kappa shape index (κ2) is 16.5. The van der Waals surface area contributed by atoms with Gasteiger partial charge < -0.3 is 20.1 Å². The van der Waals surface area contributed by atoms with Crippen molar-refractivity contribution in [3.05, 3.63) is 95.0 Å². The molecule has 0 saturated heterocycles. The van der Waals surface area contributed by atoms with Crippen molar-refractivity contribution in [3.8, 4) is 17.1 Å². The Morgan fingerprint density at radius 3 is 2.51 bits per heavy atom. The molecule has 288 valence electrons. The molecule has 1 saturated carbocycles. The Balaban J connectivity index is 1.33. The fourth-order valence-electron chi connectivity index (χ4n) is 6.99. The molecular weight excluding hydrogens is 749 g/mol. The number of primary sulfonamides is 1. The lowest BCUT2D eigenvalue weighted by atomic mass is 9.75. The van der Waals surface area contributed by atoms with Crippen molar-refractivity contribution in [1.82, 2.24) is 14.6 Å². The van der Waals surface area contributed by atoms with Crippen molar-refractivity contribution in [3.63, 3.8) is 0 Å². The maximum absolute atomic E-state index is 13.7. The summed E-state index contributed by atoms with van der Waals surface area (Å²) in [6.07, 6.45) is 3.08. The summed E-state index contributed by atoms with van der Waals surface area (Å²) in [4.78, 5) is 40.2. The number of anilines is 2. The van der Waals surface area contributed by atoms with Crippen LogP contribution in [0.3, 0.4) is 0 Å². The molecule has 3 aromatic carbocycles. The molecule has 2 aromatic heterocycles. The Labute approximate surface area is 321 Å². The van der Waals surface area contributed by atoms with Crippen LogP contribution in [0.2, 0.25) is 0 Å². The lowest BCUT2D eigenvalue weighted by molar-refractivity contribution is -0.195. The van der Waals surface area contributed by atoms with Gasteiger partial charge in [-0.3, -0.25) is 14.4 Å². The summed E-state index contributed by atoms with van der Waals surface area (Å²) in [5.74, 6) is 5.34. The first kappa shape index (κ1) is 39.3. The molecule has 0 radical (unpaired) electrons. The summed E-state index contributed by atoms with van der Waals surface area (Å²) in [7, 11) is -3.95. The highest BCUT2D eigenvalue weighted by Crippen LogP contribution is 2.38. The second-order valence-corrected chi connectivity index (χ2v) is 15.9. The fraction of sp³-hybridized carbons (Fsp3) is 0.297. The molecule has 2 atom stereocenters. The van der Waals surface area contributed by atoms with Crippen LogP contribution in [-0.2, 0) is 24.1 Å². The summed E-state index contributed by atoms with van der Waals surface area (Å²) in [6, 6.07) is 15.9. The molecule has 2 heterocycles. The molecule has 55 heavy (non-hydrogen) atoms. The first-order valence-electron chi connectivity index (χ1n) is 17.2. The van der Waals surface area contributed by atoms with Crippen LogP contribution in [0.4, 0.5) is 17.1 Å². The van der Waals surface area contributed by atoms with E-state index in [0.29, 0.717) is 44.7 Å². The largest absolute Gasteiger partial charge is 0.473 e. The highest BCUT2D eigenvalue weighted by molar-refractivity contribution is 7.94. The van der Waals surface area contributed by atoms with Crippen LogP contribution in [-0.4, -0.2) is 47.7 Å². The summed E-state index contributed by atoms with van der Waals surface area (Å²) in [5.41, 5.74) is 2.79. The lowest BCUT2D eigenvalue weighted by Crippen LogP contribution is -2.37. The number of benzene rings is 3.